The molecule has 0 bridgehead atoms. The number of amides is 1. The first-order valence-electron chi connectivity index (χ1n) is 8.51. The summed E-state index contributed by atoms with van der Waals surface area (Å²) >= 11 is 0. The number of nitrogens with one attached hydrogen (secondary N) is 1. The van der Waals surface area contributed by atoms with Gasteiger partial charge < -0.3 is 10.1 Å². The Bertz CT molecular complexity index is 788. The van der Waals surface area contributed by atoms with Crippen molar-refractivity contribution in [3.8, 4) is 0 Å². The van der Waals surface area contributed by atoms with E-state index in [9.17, 15) is 22.4 Å². The van der Waals surface area contributed by atoms with E-state index in [1.807, 2.05) is 0 Å². The Kier molecular flexibility index (Phi) is 6.35. The third-order valence-corrected chi connectivity index (χ3v) is 6.12. The molecule has 0 spiro atoms. The molecule has 0 aromatic heterocycles. The van der Waals surface area contributed by atoms with Crippen molar-refractivity contribution >= 4 is 21.9 Å². The zero-order chi connectivity index (χ0) is 19.5. The van der Waals surface area contributed by atoms with Gasteiger partial charge in [-0.25, -0.2) is 17.6 Å². The number of halogens is 1. The van der Waals surface area contributed by atoms with Crippen molar-refractivity contribution in [3.63, 3.8) is 0 Å². The van der Waals surface area contributed by atoms with Gasteiger partial charge in [-0.1, -0.05) is 13.8 Å². The smallest absolute Gasteiger partial charge is 0.341 e. The molecule has 1 fully saturated rings. The van der Waals surface area contributed by atoms with Crippen LogP contribution in [0.15, 0.2) is 23.1 Å². The number of sulfonamides is 1. The molecule has 0 aliphatic heterocycles. The van der Waals surface area contributed by atoms with Gasteiger partial charge in [0.15, 0.2) is 6.10 Å². The zero-order valence-corrected chi connectivity index (χ0v) is 15.8. The fraction of sp³-hybridized carbons (Fsp3) is 0.529. The van der Waals surface area contributed by atoms with Crippen LogP contribution in [0.25, 0.3) is 0 Å². The van der Waals surface area contributed by atoms with Gasteiger partial charge in [-0.3, -0.25) is 4.79 Å². The Morgan fingerprint density at radius 3 is 2.46 bits per heavy atom. The highest BCUT2D eigenvalue weighted by Crippen LogP contribution is 2.21. The van der Waals surface area contributed by atoms with Gasteiger partial charge in [0.05, 0.1) is 10.5 Å². The van der Waals surface area contributed by atoms with E-state index in [-0.39, 0.29) is 24.0 Å². The van der Waals surface area contributed by atoms with Gasteiger partial charge in [-0.15, -0.1) is 0 Å². The standard InChI is InChI=1S/C17H23FN2O5S/c1-4-20(5-2)26(23,24)13-8-9-15(18)14(10-13)17(22)25-11(3)16(21)19-12-6-7-12/h8-12H,4-7H2,1-3H3,(H,19,21)/t11-/m0/s1. The molecule has 7 nitrogen and oxygen atoms in total. The lowest BCUT2D eigenvalue weighted by molar-refractivity contribution is -0.129. The highest BCUT2D eigenvalue weighted by atomic mass is 32.2. The average molecular weight is 386 g/mol. The fourth-order valence-electron chi connectivity index (χ4n) is 2.36. The van der Waals surface area contributed by atoms with Crippen molar-refractivity contribution in [1.82, 2.24) is 9.62 Å². The van der Waals surface area contributed by atoms with Gasteiger partial charge in [0.25, 0.3) is 5.91 Å². The Morgan fingerprint density at radius 1 is 1.31 bits per heavy atom. The Hall–Kier alpha value is -2.00. The van der Waals surface area contributed by atoms with Gasteiger partial charge in [0.1, 0.15) is 5.82 Å². The number of esters is 1. The molecule has 1 aliphatic carbocycles. The zero-order valence-electron chi connectivity index (χ0n) is 15.0. The van der Waals surface area contributed by atoms with Crippen LogP contribution in [-0.4, -0.2) is 49.8 Å². The van der Waals surface area contributed by atoms with E-state index < -0.39 is 39.4 Å². The second-order valence-corrected chi connectivity index (χ2v) is 8.00. The van der Waals surface area contributed by atoms with E-state index in [4.69, 9.17) is 4.74 Å². The van der Waals surface area contributed by atoms with E-state index in [1.54, 1.807) is 13.8 Å². The Morgan fingerprint density at radius 2 is 1.92 bits per heavy atom. The monoisotopic (exact) mass is 386 g/mol. The summed E-state index contributed by atoms with van der Waals surface area (Å²) < 4.78 is 45.3. The average Bonchev–Trinajstić information content (AvgIpc) is 3.39. The predicted molar refractivity (Wildman–Crippen MR) is 92.5 cm³/mol. The Labute approximate surface area is 152 Å². The van der Waals surface area contributed by atoms with Crippen LogP contribution in [0.1, 0.15) is 44.0 Å². The molecule has 1 N–H and O–H groups in total. The van der Waals surface area contributed by atoms with E-state index in [0.717, 1.165) is 31.0 Å². The van der Waals surface area contributed by atoms with Crippen molar-refractivity contribution in [2.45, 2.75) is 50.7 Å². The topological polar surface area (TPSA) is 92.8 Å². The molecule has 9 heteroatoms. The lowest BCUT2D eigenvalue weighted by Gasteiger charge is -2.19. The minimum Gasteiger partial charge on any atom is -0.449 e. The highest BCUT2D eigenvalue weighted by Gasteiger charge is 2.29. The summed E-state index contributed by atoms with van der Waals surface area (Å²) in [6, 6.07) is 3.05. The molecule has 144 valence electrons. The Balaban J connectivity index is 2.20. The van der Waals surface area contributed by atoms with Crippen LogP contribution in [0.3, 0.4) is 0 Å². The third kappa shape index (κ3) is 4.59. The molecule has 0 saturated heterocycles. The van der Waals surface area contributed by atoms with Crippen molar-refractivity contribution in [2.24, 2.45) is 0 Å². The quantitative estimate of drug-likeness (QED) is 0.686. The first-order chi connectivity index (χ1) is 12.2. The number of rotatable bonds is 8. The summed E-state index contributed by atoms with van der Waals surface area (Å²) in [5, 5.41) is 2.68. The number of nitrogens with zero attached hydrogens (tertiary/aromatic N) is 1. The van der Waals surface area contributed by atoms with E-state index in [1.165, 1.54) is 11.2 Å². The summed E-state index contributed by atoms with van der Waals surface area (Å²) in [6.07, 6.45) is 0.657. The fourth-order valence-corrected chi connectivity index (χ4v) is 3.84. The maximum atomic E-state index is 14.0. The second kappa shape index (κ2) is 8.13. The maximum Gasteiger partial charge on any atom is 0.341 e. The molecule has 0 unspecified atom stereocenters. The van der Waals surface area contributed by atoms with Crippen LogP contribution in [-0.2, 0) is 19.6 Å². The molecule has 0 heterocycles. The largest absolute Gasteiger partial charge is 0.449 e. The molecule has 1 aliphatic rings. The van der Waals surface area contributed by atoms with E-state index in [2.05, 4.69) is 5.32 Å². The van der Waals surface area contributed by atoms with Crippen molar-refractivity contribution < 1.29 is 27.1 Å². The van der Waals surface area contributed by atoms with Gasteiger partial charge in [-0.2, -0.15) is 4.31 Å². The summed E-state index contributed by atoms with van der Waals surface area (Å²) in [7, 11) is -3.85. The molecular formula is C17H23FN2O5S. The van der Waals surface area contributed by atoms with Crippen LogP contribution in [0.2, 0.25) is 0 Å². The molecule has 2 rings (SSSR count). The number of benzene rings is 1. The number of carbonyl (C=O) groups excluding carboxylic acids is 2. The minimum atomic E-state index is -3.85. The molecule has 1 aromatic rings. The molecule has 26 heavy (non-hydrogen) atoms. The molecular weight excluding hydrogens is 363 g/mol. The van der Waals surface area contributed by atoms with Gasteiger partial charge >= 0.3 is 5.97 Å². The summed E-state index contributed by atoms with van der Waals surface area (Å²) in [5.74, 6) is -2.46. The van der Waals surface area contributed by atoms with Crippen LogP contribution in [0.4, 0.5) is 4.39 Å². The number of hydrogen-bond acceptors (Lipinski definition) is 5. The summed E-state index contributed by atoms with van der Waals surface area (Å²) in [6.45, 7) is 5.23. The number of carbonyl (C=O) groups is 2. The first-order valence-corrected chi connectivity index (χ1v) is 9.95. The summed E-state index contributed by atoms with van der Waals surface area (Å²) in [5.41, 5.74) is -0.524. The lowest BCUT2D eigenvalue weighted by atomic mass is 10.2. The second-order valence-electron chi connectivity index (χ2n) is 6.06. The highest BCUT2D eigenvalue weighted by molar-refractivity contribution is 7.89. The first kappa shape index (κ1) is 20.3. The molecule has 1 saturated carbocycles. The van der Waals surface area contributed by atoms with Crippen LogP contribution < -0.4 is 5.32 Å². The van der Waals surface area contributed by atoms with Crippen LogP contribution in [0.5, 0.6) is 0 Å². The molecule has 1 atom stereocenters. The van der Waals surface area contributed by atoms with Gasteiger partial charge in [0.2, 0.25) is 10.0 Å². The van der Waals surface area contributed by atoms with Crippen LogP contribution >= 0.6 is 0 Å². The number of hydrogen-bond donors (Lipinski definition) is 1. The normalized spacial score (nSPS) is 15.6. The van der Waals surface area contributed by atoms with E-state index in [0.29, 0.717) is 0 Å². The molecule has 1 amide bonds. The molecule has 0 radical (unpaired) electrons. The van der Waals surface area contributed by atoms with Crippen LogP contribution in [0, 0.1) is 5.82 Å². The van der Waals surface area contributed by atoms with E-state index >= 15 is 0 Å². The van der Waals surface area contributed by atoms with Gasteiger partial charge in [0, 0.05) is 19.1 Å². The van der Waals surface area contributed by atoms with Gasteiger partial charge in [-0.05, 0) is 38.0 Å². The number of ether oxygens (including phenoxy) is 1. The van der Waals surface area contributed by atoms with Crippen molar-refractivity contribution in [3.05, 3.63) is 29.6 Å². The predicted octanol–water partition coefficient (Wildman–Crippen LogP) is 1.68. The maximum absolute atomic E-state index is 14.0. The van der Waals surface area contributed by atoms with Crippen molar-refractivity contribution in [2.75, 3.05) is 13.1 Å². The van der Waals surface area contributed by atoms with Crippen molar-refractivity contribution in [1.29, 1.82) is 0 Å². The third-order valence-electron chi connectivity index (χ3n) is 4.08. The summed E-state index contributed by atoms with van der Waals surface area (Å²) in [4.78, 5) is 23.9. The molecule has 1 aromatic carbocycles. The lowest BCUT2D eigenvalue weighted by Crippen LogP contribution is -2.37. The SMILES string of the molecule is CCN(CC)S(=O)(=O)c1ccc(F)c(C(=O)O[C@@H](C)C(=O)NC2CC2)c1. The minimum absolute atomic E-state index is 0.0999.